The fraction of sp³-hybridized carbons (Fsp3) is 0.562. The molecule has 1 unspecified atom stereocenters. The standard InChI is InChI=1S/C16H26N4O/c1-12(2)20-8-9-21-13(11-20)10-19(3)15-7-5-4-6-14(15)16(17)18/h4-7,12-13H,8-11H2,1-3H3,(H3,17,18). The molecule has 21 heavy (non-hydrogen) atoms. The predicted octanol–water partition coefficient (Wildman–Crippen LogP) is 1.52. The topological polar surface area (TPSA) is 65.6 Å². The summed E-state index contributed by atoms with van der Waals surface area (Å²) in [6.07, 6.45) is 0.186. The summed E-state index contributed by atoms with van der Waals surface area (Å²) in [6, 6.07) is 8.31. The number of benzene rings is 1. The zero-order chi connectivity index (χ0) is 15.4. The number of nitrogens with two attached hydrogens (primary N) is 1. The number of nitrogens with zero attached hydrogens (tertiary/aromatic N) is 2. The number of anilines is 1. The Labute approximate surface area is 127 Å². The van der Waals surface area contributed by atoms with Crippen LogP contribution in [0, 0.1) is 5.41 Å². The minimum Gasteiger partial charge on any atom is -0.384 e. The van der Waals surface area contributed by atoms with Gasteiger partial charge in [0.25, 0.3) is 0 Å². The van der Waals surface area contributed by atoms with E-state index < -0.39 is 0 Å². The molecule has 2 rings (SSSR count). The second-order valence-electron chi connectivity index (χ2n) is 5.89. The number of morpholine rings is 1. The van der Waals surface area contributed by atoms with Crippen LogP contribution < -0.4 is 10.6 Å². The first kappa shape index (κ1) is 15.8. The quantitative estimate of drug-likeness (QED) is 0.637. The van der Waals surface area contributed by atoms with Gasteiger partial charge < -0.3 is 15.4 Å². The molecule has 0 bridgehead atoms. The molecule has 5 nitrogen and oxygen atoms in total. The van der Waals surface area contributed by atoms with Gasteiger partial charge in [0.2, 0.25) is 0 Å². The molecule has 1 heterocycles. The van der Waals surface area contributed by atoms with Crippen molar-refractivity contribution < 1.29 is 4.74 Å². The van der Waals surface area contributed by atoms with E-state index in [9.17, 15) is 0 Å². The second-order valence-corrected chi connectivity index (χ2v) is 5.89. The van der Waals surface area contributed by atoms with Crippen molar-refractivity contribution in [1.29, 1.82) is 5.41 Å². The molecule has 0 radical (unpaired) electrons. The van der Waals surface area contributed by atoms with Gasteiger partial charge in [0.15, 0.2) is 0 Å². The lowest BCUT2D eigenvalue weighted by Gasteiger charge is -2.37. The molecule has 0 saturated carbocycles. The Bertz CT molecular complexity index is 489. The number of hydrogen-bond donors (Lipinski definition) is 2. The van der Waals surface area contributed by atoms with Crippen molar-refractivity contribution >= 4 is 11.5 Å². The van der Waals surface area contributed by atoms with Crippen LogP contribution in [0.5, 0.6) is 0 Å². The van der Waals surface area contributed by atoms with Crippen LogP contribution in [0.15, 0.2) is 24.3 Å². The summed E-state index contributed by atoms with van der Waals surface area (Å²) in [5, 5.41) is 7.69. The van der Waals surface area contributed by atoms with E-state index in [-0.39, 0.29) is 11.9 Å². The molecular weight excluding hydrogens is 264 g/mol. The molecule has 0 aromatic heterocycles. The molecular formula is C16H26N4O. The van der Waals surface area contributed by atoms with Crippen LogP contribution in [0.2, 0.25) is 0 Å². The maximum atomic E-state index is 7.69. The van der Waals surface area contributed by atoms with Crippen molar-refractivity contribution in [2.45, 2.75) is 26.0 Å². The minimum atomic E-state index is 0.103. The summed E-state index contributed by atoms with van der Waals surface area (Å²) in [5.41, 5.74) is 7.42. The van der Waals surface area contributed by atoms with Gasteiger partial charge in [-0.3, -0.25) is 10.3 Å². The highest BCUT2D eigenvalue weighted by Gasteiger charge is 2.24. The normalized spacial score (nSPS) is 19.7. The van der Waals surface area contributed by atoms with E-state index in [2.05, 4.69) is 23.6 Å². The smallest absolute Gasteiger partial charge is 0.124 e. The monoisotopic (exact) mass is 290 g/mol. The van der Waals surface area contributed by atoms with Gasteiger partial charge in [-0.1, -0.05) is 12.1 Å². The van der Waals surface area contributed by atoms with Crippen molar-refractivity contribution in [1.82, 2.24) is 4.90 Å². The third-order valence-electron chi connectivity index (χ3n) is 3.98. The van der Waals surface area contributed by atoms with Crippen LogP contribution in [0.4, 0.5) is 5.69 Å². The van der Waals surface area contributed by atoms with E-state index in [1.807, 2.05) is 31.3 Å². The van der Waals surface area contributed by atoms with Gasteiger partial charge in [-0.2, -0.15) is 0 Å². The van der Waals surface area contributed by atoms with Gasteiger partial charge in [0.05, 0.1) is 12.7 Å². The van der Waals surface area contributed by atoms with Crippen LogP contribution in [0.1, 0.15) is 19.4 Å². The van der Waals surface area contributed by atoms with Gasteiger partial charge in [0.1, 0.15) is 5.84 Å². The number of ether oxygens (including phenoxy) is 1. The molecule has 1 atom stereocenters. The number of rotatable bonds is 5. The molecule has 5 heteroatoms. The predicted molar refractivity (Wildman–Crippen MR) is 87.2 cm³/mol. The molecule has 3 N–H and O–H groups in total. The summed E-state index contributed by atoms with van der Waals surface area (Å²) in [6.45, 7) is 7.97. The molecule has 1 aliphatic rings. The van der Waals surface area contributed by atoms with Crippen LogP contribution in [0.25, 0.3) is 0 Å². The highest BCUT2D eigenvalue weighted by Crippen LogP contribution is 2.20. The van der Waals surface area contributed by atoms with E-state index in [1.54, 1.807) is 0 Å². The molecule has 1 aromatic rings. The Morgan fingerprint density at radius 3 is 2.86 bits per heavy atom. The number of nitrogen functional groups attached to an aromatic ring is 1. The van der Waals surface area contributed by atoms with Crippen molar-refractivity contribution in [3.63, 3.8) is 0 Å². The molecule has 1 aliphatic heterocycles. The lowest BCUT2D eigenvalue weighted by atomic mass is 10.1. The fourth-order valence-electron chi connectivity index (χ4n) is 2.76. The average Bonchev–Trinajstić information content (AvgIpc) is 2.47. The zero-order valence-electron chi connectivity index (χ0n) is 13.2. The van der Waals surface area contributed by atoms with Crippen molar-refractivity contribution in [3.05, 3.63) is 29.8 Å². The molecule has 1 aromatic carbocycles. The molecule has 0 amide bonds. The average molecular weight is 290 g/mol. The van der Waals surface area contributed by atoms with Gasteiger partial charge in [-0.25, -0.2) is 0 Å². The third-order valence-corrected chi connectivity index (χ3v) is 3.98. The summed E-state index contributed by atoms with van der Waals surface area (Å²) in [5.74, 6) is 0.103. The Balaban J connectivity index is 2.04. The summed E-state index contributed by atoms with van der Waals surface area (Å²) < 4.78 is 5.88. The highest BCUT2D eigenvalue weighted by atomic mass is 16.5. The minimum absolute atomic E-state index is 0.103. The zero-order valence-corrected chi connectivity index (χ0v) is 13.2. The fourth-order valence-corrected chi connectivity index (χ4v) is 2.76. The highest BCUT2D eigenvalue weighted by molar-refractivity contribution is 6.00. The van der Waals surface area contributed by atoms with Crippen LogP contribution in [-0.4, -0.2) is 56.2 Å². The lowest BCUT2D eigenvalue weighted by molar-refractivity contribution is -0.0338. The Kier molecular flexibility index (Phi) is 5.20. The number of amidine groups is 1. The van der Waals surface area contributed by atoms with E-state index in [4.69, 9.17) is 15.9 Å². The van der Waals surface area contributed by atoms with Crippen molar-refractivity contribution in [3.8, 4) is 0 Å². The van der Waals surface area contributed by atoms with Crippen LogP contribution in [-0.2, 0) is 4.74 Å². The largest absolute Gasteiger partial charge is 0.384 e. The Morgan fingerprint density at radius 2 is 2.19 bits per heavy atom. The number of hydrogen-bond acceptors (Lipinski definition) is 4. The van der Waals surface area contributed by atoms with Crippen molar-refractivity contribution in [2.75, 3.05) is 38.2 Å². The van der Waals surface area contributed by atoms with Gasteiger partial charge in [-0.05, 0) is 26.0 Å². The molecule has 116 valence electrons. The summed E-state index contributed by atoms with van der Waals surface area (Å²) in [4.78, 5) is 4.57. The van der Waals surface area contributed by atoms with Gasteiger partial charge in [0, 0.05) is 44.0 Å². The number of likely N-dealkylation sites (N-methyl/N-ethyl adjacent to an activating group) is 1. The van der Waals surface area contributed by atoms with Gasteiger partial charge in [-0.15, -0.1) is 0 Å². The maximum Gasteiger partial charge on any atom is 0.124 e. The maximum absolute atomic E-state index is 7.69. The molecule has 0 aliphatic carbocycles. The lowest BCUT2D eigenvalue weighted by Crippen LogP contribution is -2.49. The van der Waals surface area contributed by atoms with E-state index in [0.717, 1.165) is 37.5 Å². The first-order chi connectivity index (χ1) is 9.99. The number of para-hydroxylation sites is 1. The summed E-state index contributed by atoms with van der Waals surface area (Å²) in [7, 11) is 2.03. The SMILES string of the molecule is CC(C)N1CCOC(CN(C)c2ccccc2C(=N)N)C1. The first-order valence-electron chi connectivity index (χ1n) is 7.49. The van der Waals surface area contributed by atoms with E-state index in [0.29, 0.717) is 6.04 Å². The molecule has 1 fully saturated rings. The Hall–Kier alpha value is -1.59. The summed E-state index contributed by atoms with van der Waals surface area (Å²) >= 11 is 0. The Morgan fingerprint density at radius 1 is 1.48 bits per heavy atom. The van der Waals surface area contributed by atoms with E-state index in [1.165, 1.54) is 0 Å². The third kappa shape index (κ3) is 3.95. The second kappa shape index (κ2) is 6.91. The van der Waals surface area contributed by atoms with Crippen LogP contribution >= 0.6 is 0 Å². The molecule has 0 spiro atoms. The molecule has 1 saturated heterocycles. The van der Waals surface area contributed by atoms with E-state index >= 15 is 0 Å². The number of nitrogens with one attached hydrogen (secondary N) is 1. The van der Waals surface area contributed by atoms with Gasteiger partial charge >= 0.3 is 0 Å². The van der Waals surface area contributed by atoms with Crippen LogP contribution in [0.3, 0.4) is 0 Å². The van der Waals surface area contributed by atoms with Crippen molar-refractivity contribution in [2.24, 2.45) is 5.73 Å². The first-order valence-corrected chi connectivity index (χ1v) is 7.49.